The molecule has 4 atom stereocenters. The summed E-state index contributed by atoms with van der Waals surface area (Å²) < 4.78 is 49.8. The molecular formula is C64H57N2O7P. The number of rotatable bonds is 14. The zero-order chi connectivity index (χ0) is 50.0. The molecule has 0 N–H and O–H groups in total. The van der Waals surface area contributed by atoms with Crippen molar-refractivity contribution in [2.45, 2.75) is 68.2 Å². The molecule has 4 aliphatic heterocycles. The fourth-order valence-corrected chi connectivity index (χ4v) is 12.5. The van der Waals surface area contributed by atoms with Crippen LogP contribution in [0.5, 0.6) is 0 Å². The molecule has 0 amide bonds. The average molecular weight is 997 g/mol. The minimum absolute atomic E-state index is 0.107. The fraction of sp³-hybridized carbons (Fsp3) is 0.219. The Balaban J connectivity index is 0.913. The van der Waals surface area contributed by atoms with E-state index >= 15 is 0 Å². The largest absolute Gasteiger partial charge is 0.478 e. The normalized spacial score (nSPS) is 21.7. The summed E-state index contributed by atoms with van der Waals surface area (Å²) in [5.74, 6) is -0.0434. The van der Waals surface area contributed by atoms with Gasteiger partial charge in [0.25, 0.3) is 0 Å². The molecule has 4 aliphatic rings. The maximum atomic E-state index is 7.65. The van der Waals surface area contributed by atoms with Crippen LogP contribution in [0.15, 0.2) is 241 Å². The Hall–Kier alpha value is -7.07. The molecule has 0 unspecified atom stereocenters. The first-order valence-corrected chi connectivity index (χ1v) is 26.5. The molecule has 370 valence electrons. The third kappa shape index (κ3) is 9.30. The van der Waals surface area contributed by atoms with Crippen molar-refractivity contribution in [3.8, 4) is 11.1 Å². The van der Waals surface area contributed by atoms with E-state index < -0.39 is 37.8 Å². The molecule has 2 saturated heterocycles. The Morgan fingerprint density at radius 3 is 1.38 bits per heavy atom. The van der Waals surface area contributed by atoms with E-state index in [0.717, 1.165) is 55.6 Å². The molecule has 0 aromatic heterocycles. The summed E-state index contributed by atoms with van der Waals surface area (Å²) in [6.45, 7) is 5.02. The molecule has 0 spiro atoms. The molecule has 74 heavy (non-hydrogen) atoms. The first kappa shape index (κ1) is 47.9. The minimum atomic E-state index is -2.21. The molecule has 10 heteroatoms. The van der Waals surface area contributed by atoms with Gasteiger partial charge in [0.1, 0.15) is 43.4 Å². The summed E-state index contributed by atoms with van der Waals surface area (Å²) >= 11 is 0. The van der Waals surface area contributed by atoms with Crippen molar-refractivity contribution in [2.75, 3.05) is 13.2 Å². The average Bonchev–Trinajstić information content (AvgIpc) is 4.24. The molecule has 0 saturated carbocycles. The Morgan fingerprint density at radius 2 is 0.919 bits per heavy atom. The van der Waals surface area contributed by atoms with Crippen LogP contribution in [0.4, 0.5) is 0 Å². The van der Waals surface area contributed by atoms with E-state index in [-0.39, 0.29) is 24.6 Å². The summed E-state index contributed by atoms with van der Waals surface area (Å²) in [5, 5.41) is 0. The van der Waals surface area contributed by atoms with Gasteiger partial charge in [0.15, 0.2) is 28.8 Å². The van der Waals surface area contributed by atoms with Crippen LogP contribution in [0.25, 0.3) is 11.1 Å². The molecule has 0 bridgehead atoms. The standard InChI is InChI=1S/C64H57N2O7P/c1-62(2)70-58-59(71-62)64(52-35-17-7-18-36-52,53-37-19-8-20-38-53)73-74(72-63(58,50-31-13-5-14-32-50)51-33-15-6-16-34-51)69-42-49-29-21-22-39-54(49)48-30-23-24-45(40-48)41-55(60-65-56(43-67-60)46-25-9-3-10-26-46)61-66-57(44-68-61)47-27-11-4-12-28-47/h3-40,55-59H,41-44H2,1-2H3/t56-,57-,58+,59+/m0/s1. The van der Waals surface area contributed by atoms with Crippen molar-refractivity contribution in [2.24, 2.45) is 15.9 Å². The number of nitrogens with zero attached hydrogens (tertiary/aromatic N) is 2. The highest BCUT2D eigenvalue weighted by atomic mass is 31.2. The van der Waals surface area contributed by atoms with Gasteiger partial charge in [-0.15, -0.1) is 0 Å². The molecule has 0 radical (unpaired) electrons. The van der Waals surface area contributed by atoms with Crippen LogP contribution in [0.3, 0.4) is 0 Å². The number of hydrogen-bond acceptors (Lipinski definition) is 9. The summed E-state index contributed by atoms with van der Waals surface area (Å²) in [6, 6.07) is 78.5. The van der Waals surface area contributed by atoms with Gasteiger partial charge in [-0.2, -0.15) is 0 Å². The zero-order valence-corrected chi connectivity index (χ0v) is 42.2. The molecule has 0 aliphatic carbocycles. The van der Waals surface area contributed by atoms with E-state index in [1.54, 1.807) is 0 Å². The van der Waals surface area contributed by atoms with Crippen LogP contribution in [-0.4, -0.2) is 43.0 Å². The van der Waals surface area contributed by atoms with Crippen molar-refractivity contribution in [1.29, 1.82) is 0 Å². The Morgan fingerprint density at radius 1 is 0.500 bits per heavy atom. The fourth-order valence-electron chi connectivity index (χ4n) is 11.0. The SMILES string of the molecule is CC1(C)O[C@@H]2[C@@H](O1)C(c1ccccc1)(c1ccccc1)OP(OCc1ccccc1-c1cccc(CC(C3=N[C@H](c4ccccc4)CO3)C3=N[C@H](c4ccccc4)CO3)c1)OC2(c1ccccc1)c1ccccc1. The molecule has 8 aromatic rings. The summed E-state index contributed by atoms with van der Waals surface area (Å²) in [7, 11) is -2.21. The quantitative estimate of drug-likeness (QED) is 0.100. The van der Waals surface area contributed by atoms with Gasteiger partial charge in [0.05, 0.1) is 6.61 Å². The van der Waals surface area contributed by atoms with Crippen LogP contribution in [-0.2, 0) is 56.7 Å². The second-order valence-corrected chi connectivity index (χ2v) is 20.7. The predicted molar refractivity (Wildman–Crippen MR) is 289 cm³/mol. The van der Waals surface area contributed by atoms with Crippen LogP contribution in [0, 0.1) is 5.92 Å². The third-order valence-electron chi connectivity index (χ3n) is 14.5. The lowest BCUT2D eigenvalue weighted by molar-refractivity contribution is -0.176. The summed E-state index contributed by atoms with van der Waals surface area (Å²) in [4.78, 5) is 10.3. The molecule has 4 heterocycles. The lowest BCUT2D eigenvalue weighted by Gasteiger charge is -2.41. The van der Waals surface area contributed by atoms with Gasteiger partial charge in [-0.25, -0.2) is 9.98 Å². The van der Waals surface area contributed by atoms with E-state index in [2.05, 4.69) is 115 Å². The Kier molecular flexibility index (Phi) is 13.4. The molecule has 9 nitrogen and oxygen atoms in total. The molecule has 2 fully saturated rings. The Bertz CT molecular complexity index is 2990. The highest BCUT2D eigenvalue weighted by Gasteiger charge is 2.67. The van der Waals surface area contributed by atoms with Crippen LogP contribution >= 0.6 is 8.60 Å². The van der Waals surface area contributed by atoms with Crippen molar-refractivity contribution in [1.82, 2.24) is 0 Å². The topological polar surface area (TPSA) is 89.3 Å². The predicted octanol–water partition coefficient (Wildman–Crippen LogP) is 14.1. The van der Waals surface area contributed by atoms with Gasteiger partial charge >= 0.3 is 8.60 Å². The molecule has 8 aromatic carbocycles. The maximum Gasteiger partial charge on any atom is 0.335 e. The second kappa shape index (κ2) is 20.7. The molecule has 12 rings (SSSR count). The van der Waals surface area contributed by atoms with Crippen molar-refractivity contribution < 1.29 is 32.5 Å². The van der Waals surface area contributed by atoms with Gasteiger partial charge in [0, 0.05) is 0 Å². The lowest BCUT2D eigenvalue weighted by atomic mass is 9.72. The molecular weight excluding hydrogens is 940 g/mol. The third-order valence-corrected chi connectivity index (χ3v) is 15.7. The number of hydrogen-bond donors (Lipinski definition) is 0. The first-order valence-electron chi connectivity index (χ1n) is 25.4. The monoisotopic (exact) mass is 996 g/mol. The van der Waals surface area contributed by atoms with E-state index in [1.165, 1.54) is 0 Å². The van der Waals surface area contributed by atoms with E-state index in [1.807, 2.05) is 129 Å². The Labute approximate surface area is 434 Å². The van der Waals surface area contributed by atoms with Gasteiger partial charge in [-0.1, -0.05) is 231 Å². The maximum absolute atomic E-state index is 7.65. The number of aliphatic imine (C=N–C) groups is 2. The van der Waals surface area contributed by atoms with Crippen LogP contribution in [0.2, 0.25) is 0 Å². The minimum Gasteiger partial charge on any atom is -0.478 e. The highest BCUT2D eigenvalue weighted by Crippen LogP contribution is 2.65. The summed E-state index contributed by atoms with van der Waals surface area (Å²) in [6.07, 6.45) is -0.856. The van der Waals surface area contributed by atoms with Crippen LogP contribution < -0.4 is 0 Å². The second-order valence-electron chi connectivity index (χ2n) is 19.6. The number of ether oxygens (including phenoxy) is 4. The van der Waals surface area contributed by atoms with Crippen molar-refractivity contribution >= 4 is 20.4 Å². The zero-order valence-electron chi connectivity index (χ0n) is 41.4. The summed E-state index contributed by atoms with van der Waals surface area (Å²) in [5.41, 5.74) is 7.42. The van der Waals surface area contributed by atoms with Crippen LogP contribution in [0.1, 0.15) is 70.4 Å². The van der Waals surface area contributed by atoms with Crippen molar-refractivity contribution in [3.63, 3.8) is 0 Å². The van der Waals surface area contributed by atoms with Gasteiger partial charge < -0.3 is 23.5 Å². The van der Waals surface area contributed by atoms with Gasteiger partial charge in [-0.3, -0.25) is 9.05 Å². The van der Waals surface area contributed by atoms with E-state index in [9.17, 15) is 0 Å². The van der Waals surface area contributed by atoms with Gasteiger partial charge in [-0.05, 0) is 75.9 Å². The number of fused-ring (bicyclic) bond motifs is 1. The first-order chi connectivity index (χ1) is 36.4. The van der Waals surface area contributed by atoms with E-state index in [4.69, 9.17) is 42.5 Å². The lowest BCUT2D eigenvalue weighted by Crippen LogP contribution is -2.53. The van der Waals surface area contributed by atoms with Gasteiger partial charge in [0.2, 0.25) is 0 Å². The van der Waals surface area contributed by atoms with E-state index in [0.29, 0.717) is 31.4 Å². The smallest absolute Gasteiger partial charge is 0.335 e. The number of benzene rings is 8. The van der Waals surface area contributed by atoms with Crippen molar-refractivity contribution in [3.05, 3.63) is 275 Å². The highest BCUT2D eigenvalue weighted by molar-refractivity contribution is 7.41.